The van der Waals surface area contributed by atoms with Gasteiger partial charge in [-0.05, 0) is 12.0 Å². The van der Waals surface area contributed by atoms with E-state index in [-0.39, 0.29) is 11.3 Å². The lowest BCUT2D eigenvalue weighted by molar-refractivity contribution is -0.139. The van der Waals surface area contributed by atoms with Gasteiger partial charge in [-0.25, -0.2) is 0 Å². The van der Waals surface area contributed by atoms with Gasteiger partial charge < -0.3 is 10.0 Å². The first kappa shape index (κ1) is 20.8. The van der Waals surface area contributed by atoms with Crippen LogP contribution in [0.4, 0.5) is 0 Å². The van der Waals surface area contributed by atoms with Crippen LogP contribution in [0.25, 0.3) is 5.76 Å². The molecular weight excluding hydrogens is 362 g/mol. The highest BCUT2D eigenvalue weighted by Gasteiger charge is 2.45. The van der Waals surface area contributed by atoms with Gasteiger partial charge in [-0.3, -0.25) is 9.59 Å². The second-order valence-electron chi connectivity index (χ2n) is 7.54. The van der Waals surface area contributed by atoms with Crippen LogP contribution < -0.4 is 0 Å². The van der Waals surface area contributed by atoms with Crippen molar-refractivity contribution in [1.82, 2.24) is 4.90 Å². The van der Waals surface area contributed by atoms with Gasteiger partial charge in [0.25, 0.3) is 11.7 Å². The molecule has 0 bridgehead atoms. The molecule has 152 valence electrons. The van der Waals surface area contributed by atoms with Crippen LogP contribution in [0.3, 0.4) is 0 Å². The third-order valence-corrected chi connectivity index (χ3v) is 5.46. The van der Waals surface area contributed by atoms with Gasteiger partial charge in [0.05, 0.1) is 11.6 Å². The molecule has 2 aromatic carbocycles. The van der Waals surface area contributed by atoms with Crippen molar-refractivity contribution in [1.29, 1.82) is 0 Å². The Labute approximate surface area is 172 Å². The number of benzene rings is 2. The summed E-state index contributed by atoms with van der Waals surface area (Å²) >= 11 is 0. The fourth-order valence-corrected chi connectivity index (χ4v) is 3.91. The van der Waals surface area contributed by atoms with E-state index in [4.69, 9.17) is 0 Å². The average molecular weight is 392 g/mol. The number of aliphatic hydroxyl groups is 1. The molecule has 1 amide bonds. The van der Waals surface area contributed by atoms with Gasteiger partial charge in [-0.15, -0.1) is 0 Å². The van der Waals surface area contributed by atoms with Crippen LogP contribution in [0.5, 0.6) is 0 Å². The minimum absolute atomic E-state index is 0.108. The van der Waals surface area contributed by atoms with Crippen molar-refractivity contribution in [3.63, 3.8) is 0 Å². The predicted octanol–water partition coefficient (Wildman–Crippen LogP) is 5.47. The summed E-state index contributed by atoms with van der Waals surface area (Å²) in [6.07, 6.45) is 6.64. The molecule has 0 saturated carbocycles. The summed E-state index contributed by atoms with van der Waals surface area (Å²) in [5.41, 5.74) is 1.57. The molecule has 29 heavy (non-hydrogen) atoms. The highest BCUT2D eigenvalue weighted by molar-refractivity contribution is 6.46. The van der Waals surface area contributed by atoms with E-state index in [1.165, 1.54) is 19.3 Å². The third kappa shape index (κ3) is 4.76. The van der Waals surface area contributed by atoms with Crippen LogP contribution in [0.1, 0.15) is 62.6 Å². The molecule has 1 aliphatic rings. The Morgan fingerprint density at radius 2 is 1.45 bits per heavy atom. The summed E-state index contributed by atoms with van der Waals surface area (Å²) in [5.74, 6) is -1.24. The predicted molar refractivity (Wildman–Crippen MR) is 115 cm³/mol. The summed E-state index contributed by atoms with van der Waals surface area (Å²) in [6, 6.07) is 17.9. The maximum absolute atomic E-state index is 12.9. The van der Waals surface area contributed by atoms with E-state index in [2.05, 4.69) is 6.92 Å². The van der Waals surface area contributed by atoms with Crippen molar-refractivity contribution in [3.05, 3.63) is 77.4 Å². The van der Waals surface area contributed by atoms with E-state index < -0.39 is 17.7 Å². The first-order valence-corrected chi connectivity index (χ1v) is 10.5. The number of rotatable bonds is 9. The summed E-state index contributed by atoms with van der Waals surface area (Å²) in [4.78, 5) is 27.3. The Morgan fingerprint density at radius 1 is 0.862 bits per heavy atom. The average Bonchev–Trinajstić information content (AvgIpc) is 3.01. The minimum Gasteiger partial charge on any atom is -0.507 e. The van der Waals surface area contributed by atoms with E-state index in [0.717, 1.165) is 24.8 Å². The van der Waals surface area contributed by atoms with Crippen molar-refractivity contribution in [2.24, 2.45) is 0 Å². The summed E-state index contributed by atoms with van der Waals surface area (Å²) in [5, 5.41) is 10.9. The molecule has 0 spiro atoms. The number of hydrogen-bond acceptors (Lipinski definition) is 3. The molecule has 1 heterocycles. The maximum atomic E-state index is 12.9. The molecule has 0 aromatic heterocycles. The van der Waals surface area contributed by atoms with Gasteiger partial charge in [-0.2, -0.15) is 0 Å². The Hall–Kier alpha value is -2.88. The highest BCUT2D eigenvalue weighted by atomic mass is 16.3. The third-order valence-electron chi connectivity index (χ3n) is 5.46. The molecular formula is C25H29NO3. The summed E-state index contributed by atoms with van der Waals surface area (Å²) < 4.78 is 0. The number of ketones is 1. The number of nitrogens with zero attached hydrogens (tertiary/aromatic N) is 1. The van der Waals surface area contributed by atoms with Crippen molar-refractivity contribution < 1.29 is 14.7 Å². The summed E-state index contributed by atoms with van der Waals surface area (Å²) in [7, 11) is 0. The zero-order valence-electron chi connectivity index (χ0n) is 17.0. The van der Waals surface area contributed by atoms with Crippen LogP contribution in [-0.4, -0.2) is 28.2 Å². The van der Waals surface area contributed by atoms with Crippen molar-refractivity contribution in [3.8, 4) is 0 Å². The molecule has 4 heteroatoms. The van der Waals surface area contributed by atoms with Crippen molar-refractivity contribution >= 4 is 17.4 Å². The smallest absolute Gasteiger partial charge is 0.295 e. The Morgan fingerprint density at radius 3 is 2.10 bits per heavy atom. The molecule has 1 aliphatic heterocycles. The van der Waals surface area contributed by atoms with Gasteiger partial charge in [0.2, 0.25) is 0 Å². The maximum Gasteiger partial charge on any atom is 0.295 e. The lowest BCUT2D eigenvalue weighted by Crippen LogP contribution is -2.30. The Balaban J connectivity index is 1.90. The number of carbonyl (C=O) groups excluding carboxylic acids is 2. The Bertz CT molecular complexity index is 858. The number of hydrogen-bond donors (Lipinski definition) is 1. The van der Waals surface area contributed by atoms with Gasteiger partial charge in [-0.1, -0.05) is 99.7 Å². The van der Waals surface area contributed by atoms with Crippen LogP contribution in [0.2, 0.25) is 0 Å². The monoisotopic (exact) mass is 391 g/mol. The van der Waals surface area contributed by atoms with Gasteiger partial charge in [0, 0.05) is 12.1 Å². The number of unbranched alkanes of at least 4 members (excludes halogenated alkanes) is 5. The van der Waals surface area contributed by atoms with E-state index in [1.54, 1.807) is 29.2 Å². The van der Waals surface area contributed by atoms with Gasteiger partial charge in [0.1, 0.15) is 5.76 Å². The van der Waals surface area contributed by atoms with E-state index in [9.17, 15) is 14.7 Å². The molecule has 2 aromatic rings. The molecule has 0 aliphatic carbocycles. The van der Waals surface area contributed by atoms with Crippen molar-refractivity contribution in [2.45, 2.75) is 51.5 Å². The fraction of sp³-hybridized carbons (Fsp3) is 0.360. The lowest BCUT2D eigenvalue weighted by Gasteiger charge is -2.25. The molecule has 4 nitrogen and oxygen atoms in total. The van der Waals surface area contributed by atoms with E-state index in [1.807, 2.05) is 36.4 Å². The van der Waals surface area contributed by atoms with E-state index >= 15 is 0 Å². The number of aliphatic hydroxyl groups excluding tert-OH is 1. The zero-order chi connectivity index (χ0) is 20.6. The topological polar surface area (TPSA) is 57.6 Å². The van der Waals surface area contributed by atoms with Crippen molar-refractivity contribution in [2.75, 3.05) is 6.54 Å². The standard InChI is InChI=1S/C25H29NO3/c1-2-3-4-5-6-13-18-26-22(19-14-9-7-10-15-19)21(24(28)25(26)29)23(27)20-16-11-8-12-17-20/h7-12,14-17,22,27H,2-6,13,18H2,1H3/t22-/m0/s1. The fourth-order valence-electron chi connectivity index (χ4n) is 3.91. The normalized spacial score (nSPS) is 18.4. The lowest BCUT2D eigenvalue weighted by atomic mass is 9.95. The minimum atomic E-state index is -0.605. The number of carbonyl (C=O) groups is 2. The molecule has 1 saturated heterocycles. The first-order chi connectivity index (χ1) is 14.1. The van der Waals surface area contributed by atoms with Crippen LogP contribution >= 0.6 is 0 Å². The SMILES string of the molecule is CCCCCCCCN1C(=O)C(=O)C(=C(O)c2ccccc2)[C@@H]1c1ccccc1. The molecule has 1 N–H and O–H groups in total. The molecule has 1 atom stereocenters. The highest BCUT2D eigenvalue weighted by Crippen LogP contribution is 2.39. The van der Waals surface area contributed by atoms with Gasteiger partial charge in [0.15, 0.2) is 0 Å². The molecule has 3 rings (SSSR count). The molecule has 0 unspecified atom stereocenters. The largest absolute Gasteiger partial charge is 0.507 e. The first-order valence-electron chi connectivity index (χ1n) is 10.5. The van der Waals surface area contributed by atoms with Crippen LogP contribution in [-0.2, 0) is 9.59 Å². The molecule has 0 radical (unpaired) electrons. The quantitative estimate of drug-likeness (QED) is 0.267. The zero-order valence-corrected chi connectivity index (χ0v) is 17.0. The van der Waals surface area contributed by atoms with Crippen LogP contribution in [0.15, 0.2) is 66.2 Å². The van der Waals surface area contributed by atoms with Gasteiger partial charge >= 0.3 is 0 Å². The van der Waals surface area contributed by atoms with Crippen LogP contribution in [0, 0.1) is 0 Å². The second kappa shape index (κ2) is 10.1. The Kier molecular flexibility index (Phi) is 7.23. The number of amides is 1. The molecule has 1 fully saturated rings. The number of likely N-dealkylation sites (tertiary alicyclic amines) is 1. The van der Waals surface area contributed by atoms with E-state index in [0.29, 0.717) is 12.1 Å². The summed E-state index contributed by atoms with van der Waals surface area (Å²) in [6.45, 7) is 2.70. The number of Topliss-reactive ketones (excluding diaryl/α,β-unsaturated/α-hetero) is 1. The second-order valence-corrected chi connectivity index (χ2v) is 7.54.